The Morgan fingerprint density at radius 3 is 2.69 bits per heavy atom. The molecule has 3 aromatic rings. The molecule has 35 heavy (non-hydrogen) atoms. The first kappa shape index (κ1) is 24.9. The molecule has 6 heteroatoms. The second-order valence-electron chi connectivity index (χ2n) is 10.2. The Labute approximate surface area is 208 Å². The average Bonchev–Trinajstić information content (AvgIpc) is 3.11. The van der Waals surface area contributed by atoms with Gasteiger partial charge in [0.2, 0.25) is 0 Å². The van der Waals surface area contributed by atoms with Crippen molar-refractivity contribution in [2.75, 3.05) is 40.3 Å². The first-order chi connectivity index (χ1) is 16.7. The molecule has 1 N–H and O–H groups in total. The molecule has 0 saturated carbocycles. The number of fused-ring (bicyclic) bond motifs is 1. The van der Waals surface area contributed by atoms with Gasteiger partial charge in [-0.05, 0) is 75.1 Å². The van der Waals surface area contributed by atoms with Crippen molar-refractivity contribution in [3.05, 3.63) is 60.2 Å². The zero-order valence-electron chi connectivity index (χ0n) is 21.6. The third kappa shape index (κ3) is 6.25. The van der Waals surface area contributed by atoms with Gasteiger partial charge in [-0.15, -0.1) is 0 Å². The zero-order valence-corrected chi connectivity index (χ0v) is 21.6. The molecule has 0 bridgehead atoms. The number of H-pyrrole nitrogens is 1. The number of hydrogen-bond donors (Lipinski definition) is 1. The summed E-state index contributed by atoms with van der Waals surface area (Å²) in [5.41, 5.74) is 5.43. The lowest BCUT2D eigenvalue weighted by Gasteiger charge is -2.27. The minimum atomic E-state index is -0.471. The number of benzene rings is 2. The molecule has 1 aliphatic heterocycles. The topological polar surface area (TPSA) is 57.8 Å². The summed E-state index contributed by atoms with van der Waals surface area (Å²) in [6.45, 7) is 9.16. The summed E-state index contributed by atoms with van der Waals surface area (Å²) >= 11 is 0. The van der Waals surface area contributed by atoms with Crippen molar-refractivity contribution >= 4 is 22.6 Å². The molecule has 0 aliphatic carbocycles. The van der Waals surface area contributed by atoms with Crippen LogP contribution in [0.25, 0.3) is 27.7 Å². The number of aromatic nitrogens is 1. The van der Waals surface area contributed by atoms with Gasteiger partial charge >= 0.3 is 6.09 Å². The van der Waals surface area contributed by atoms with E-state index >= 15 is 0 Å². The molecule has 0 radical (unpaired) electrons. The summed E-state index contributed by atoms with van der Waals surface area (Å²) in [7, 11) is 3.51. The molecule has 6 nitrogen and oxygen atoms in total. The Balaban J connectivity index is 1.39. The fourth-order valence-electron chi connectivity index (χ4n) is 4.47. The number of nitrogens with zero attached hydrogens (tertiary/aromatic N) is 2. The van der Waals surface area contributed by atoms with Crippen LogP contribution in [0.5, 0.6) is 5.75 Å². The number of carbonyl (C=O) groups is 1. The van der Waals surface area contributed by atoms with E-state index in [0.29, 0.717) is 6.54 Å². The smallest absolute Gasteiger partial charge is 0.410 e. The number of para-hydroxylation sites is 1. The van der Waals surface area contributed by atoms with Crippen LogP contribution in [0.1, 0.15) is 39.2 Å². The molecule has 0 spiro atoms. The van der Waals surface area contributed by atoms with Gasteiger partial charge in [-0.1, -0.05) is 24.3 Å². The van der Waals surface area contributed by atoms with E-state index in [1.54, 1.807) is 19.1 Å². The number of hydrogen-bond acceptors (Lipinski definition) is 4. The van der Waals surface area contributed by atoms with Crippen LogP contribution in [0.2, 0.25) is 0 Å². The van der Waals surface area contributed by atoms with Gasteiger partial charge < -0.3 is 24.3 Å². The number of likely N-dealkylation sites (N-methyl/N-ethyl adjacent to an activating group) is 1. The van der Waals surface area contributed by atoms with Crippen molar-refractivity contribution in [1.29, 1.82) is 0 Å². The van der Waals surface area contributed by atoms with Crippen LogP contribution in [0.4, 0.5) is 4.79 Å². The van der Waals surface area contributed by atoms with E-state index in [-0.39, 0.29) is 6.09 Å². The molecule has 2 heterocycles. The van der Waals surface area contributed by atoms with Crippen molar-refractivity contribution in [2.45, 2.75) is 39.2 Å². The molecule has 2 aromatic carbocycles. The first-order valence-electron chi connectivity index (χ1n) is 12.4. The highest BCUT2D eigenvalue weighted by Gasteiger charge is 2.20. The van der Waals surface area contributed by atoms with Gasteiger partial charge in [-0.3, -0.25) is 0 Å². The van der Waals surface area contributed by atoms with Gasteiger partial charge in [-0.2, -0.15) is 0 Å². The van der Waals surface area contributed by atoms with Crippen LogP contribution in [0.3, 0.4) is 0 Å². The number of carbonyl (C=O) groups excluding carboxylic acids is 1. The summed E-state index contributed by atoms with van der Waals surface area (Å²) in [5.74, 6) is 0.864. The van der Waals surface area contributed by atoms with Crippen molar-refractivity contribution in [3.63, 3.8) is 0 Å². The Hall–Kier alpha value is -3.25. The minimum Gasteiger partial charge on any atom is -0.496 e. The Morgan fingerprint density at radius 1 is 1.11 bits per heavy atom. The lowest BCUT2D eigenvalue weighted by Crippen LogP contribution is -2.39. The van der Waals surface area contributed by atoms with Gasteiger partial charge in [-0.25, -0.2) is 4.79 Å². The maximum Gasteiger partial charge on any atom is 0.410 e. The van der Waals surface area contributed by atoms with Crippen molar-refractivity contribution in [2.24, 2.45) is 0 Å². The fourth-order valence-corrected chi connectivity index (χ4v) is 4.47. The third-order valence-electron chi connectivity index (χ3n) is 6.38. The van der Waals surface area contributed by atoms with Crippen molar-refractivity contribution in [3.8, 4) is 17.0 Å². The van der Waals surface area contributed by atoms with Crippen LogP contribution in [-0.2, 0) is 4.74 Å². The SMILES string of the molecule is COc1ccccc1-c1cc2cc(C3=CCCN(CCN(C)C(=O)OC(C)(C)C)CC3)ccc2[nH]1. The lowest BCUT2D eigenvalue weighted by molar-refractivity contribution is 0.0284. The van der Waals surface area contributed by atoms with Crippen LogP contribution in [-0.4, -0.2) is 66.8 Å². The van der Waals surface area contributed by atoms with Crippen molar-refractivity contribution in [1.82, 2.24) is 14.8 Å². The van der Waals surface area contributed by atoms with E-state index in [1.165, 1.54) is 16.5 Å². The molecular formula is C29H37N3O3. The standard InChI is InChI=1S/C29H37N3O3/c1-29(2,3)35-28(33)31(4)17-18-32-15-8-9-21(14-16-32)22-12-13-25-23(19-22)20-26(30-25)24-10-6-7-11-27(24)34-5/h6-7,9-13,19-20,30H,8,14-18H2,1-5H3. The van der Waals surface area contributed by atoms with E-state index in [4.69, 9.17) is 9.47 Å². The van der Waals surface area contributed by atoms with Gasteiger partial charge in [0.05, 0.1) is 12.8 Å². The molecule has 4 rings (SSSR count). The van der Waals surface area contributed by atoms with Crippen molar-refractivity contribution < 1.29 is 14.3 Å². The van der Waals surface area contributed by atoms with Crippen LogP contribution in [0.15, 0.2) is 54.6 Å². The molecule has 186 valence electrons. The molecule has 0 atom stereocenters. The molecule has 1 aromatic heterocycles. The van der Waals surface area contributed by atoms with Gasteiger partial charge in [0.1, 0.15) is 11.4 Å². The predicted molar refractivity (Wildman–Crippen MR) is 143 cm³/mol. The molecule has 0 saturated heterocycles. The van der Waals surface area contributed by atoms with E-state index in [2.05, 4.69) is 46.3 Å². The Kier molecular flexibility index (Phi) is 7.51. The number of nitrogens with one attached hydrogen (secondary N) is 1. The Morgan fingerprint density at radius 2 is 1.91 bits per heavy atom. The maximum atomic E-state index is 12.2. The molecular weight excluding hydrogens is 438 g/mol. The maximum absolute atomic E-state index is 12.2. The van der Waals surface area contributed by atoms with Crippen LogP contribution in [0, 0.1) is 0 Å². The second kappa shape index (κ2) is 10.6. The molecule has 1 amide bonds. The predicted octanol–water partition coefficient (Wildman–Crippen LogP) is 6.19. The normalized spacial score (nSPS) is 14.9. The highest BCUT2D eigenvalue weighted by Crippen LogP contribution is 2.33. The number of amides is 1. The second-order valence-corrected chi connectivity index (χ2v) is 10.2. The molecule has 0 unspecified atom stereocenters. The molecule has 0 fully saturated rings. The Bertz CT molecular complexity index is 1210. The quantitative estimate of drug-likeness (QED) is 0.462. The van der Waals surface area contributed by atoms with E-state index < -0.39 is 5.60 Å². The largest absolute Gasteiger partial charge is 0.496 e. The average molecular weight is 476 g/mol. The first-order valence-corrected chi connectivity index (χ1v) is 12.4. The summed E-state index contributed by atoms with van der Waals surface area (Å²) in [6.07, 6.45) is 4.10. The van der Waals surface area contributed by atoms with E-state index in [1.807, 2.05) is 39.0 Å². The van der Waals surface area contributed by atoms with Gasteiger partial charge in [0.25, 0.3) is 0 Å². The number of ether oxygens (including phenoxy) is 2. The van der Waals surface area contributed by atoms with Crippen LogP contribution < -0.4 is 4.74 Å². The number of rotatable bonds is 6. The third-order valence-corrected chi connectivity index (χ3v) is 6.38. The monoisotopic (exact) mass is 475 g/mol. The lowest BCUT2D eigenvalue weighted by atomic mass is 10.0. The van der Waals surface area contributed by atoms with Gasteiger partial charge in [0.15, 0.2) is 0 Å². The molecule has 1 aliphatic rings. The summed E-state index contributed by atoms with van der Waals surface area (Å²) < 4.78 is 11.0. The van der Waals surface area contributed by atoms with Gasteiger partial charge in [0, 0.05) is 49.7 Å². The summed E-state index contributed by atoms with van der Waals surface area (Å²) in [5, 5.41) is 1.20. The van der Waals surface area contributed by atoms with E-state index in [9.17, 15) is 4.79 Å². The van der Waals surface area contributed by atoms with E-state index in [0.717, 1.165) is 55.0 Å². The highest BCUT2D eigenvalue weighted by atomic mass is 16.6. The summed E-state index contributed by atoms with van der Waals surface area (Å²) in [6, 6.07) is 16.9. The fraction of sp³-hybridized carbons (Fsp3) is 0.414. The van der Waals surface area contributed by atoms with Crippen LogP contribution >= 0.6 is 0 Å². The number of aromatic amines is 1. The minimum absolute atomic E-state index is 0.265. The zero-order chi connectivity index (χ0) is 25.0. The highest BCUT2D eigenvalue weighted by molar-refractivity contribution is 5.89. The summed E-state index contributed by atoms with van der Waals surface area (Å²) in [4.78, 5) is 19.9. The number of methoxy groups -OCH3 is 1.